The van der Waals surface area contributed by atoms with Crippen molar-refractivity contribution in [1.82, 2.24) is 0 Å². The quantitative estimate of drug-likeness (QED) is 0.449. The predicted molar refractivity (Wildman–Crippen MR) is 86.8 cm³/mol. The first kappa shape index (κ1) is 22.0. The van der Waals surface area contributed by atoms with E-state index >= 15 is 0 Å². The first-order valence-electron chi connectivity index (χ1n) is 8.33. The first-order chi connectivity index (χ1) is 12.1. The van der Waals surface area contributed by atoms with Crippen molar-refractivity contribution in [2.24, 2.45) is 5.92 Å². The lowest BCUT2D eigenvalue weighted by molar-refractivity contribution is -0.288. The molecule has 1 rings (SSSR count). The van der Waals surface area contributed by atoms with Crippen LogP contribution in [-0.4, -0.2) is 62.0 Å². The van der Waals surface area contributed by atoms with E-state index in [9.17, 15) is 19.2 Å². The largest absolute Gasteiger partial charge is 0.463 e. The number of methoxy groups -OCH3 is 1. The van der Waals surface area contributed by atoms with Crippen molar-refractivity contribution in [3.63, 3.8) is 0 Å². The van der Waals surface area contributed by atoms with Gasteiger partial charge in [0.25, 0.3) is 0 Å². The standard InChI is InChI=1S/C17H26O9/c1-9(18)6-7-14(21)26-16-15(24-12(4)20)10(2)13(8-23-11(3)19)25-17(16)22-5/h10,13,15-17H,6-8H2,1-5H3/t10-,13?,15+,16?,17-/m1/s1. The number of ether oxygens (including phenoxy) is 5. The van der Waals surface area contributed by atoms with Gasteiger partial charge in [0.05, 0.1) is 6.42 Å². The maximum absolute atomic E-state index is 12.0. The zero-order valence-electron chi connectivity index (χ0n) is 15.7. The van der Waals surface area contributed by atoms with E-state index in [0.717, 1.165) is 0 Å². The zero-order valence-corrected chi connectivity index (χ0v) is 15.7. The lowest BCUT2D eigenvalue weighted by atomic mass is 9.90. The highest BCUT2D eigenvalue weighted by molar-refractivity contribution is 5.81. The molecule has 1 saturated heterocycles. The van der Waals surface area contributed by atoms with Gasteiger partial charge in [0.1, 0.15) is 24.6 Å². The van der Waals surface area contributed by atoms with Crippen LogP contribution in [0.15, 0.2) is 0 Å². The van der Waals surface area contributed by atoms with Gasteiger partial charge in [0, 0.05) is 33.3 Å². The van der Waals surface area contributed by atoms with Crippen LogP contribution < -0.4 is 0 Å². The maximum Gasteiger partial charge on any atom is 0.306 e. The summed E-state index contributed by atoms with van der Waals surface area (Å²) < 4.78 is 26.6. The molecule has 9 heteroatoms. The molecule has 1 heterocycles. The van der Waals surface area contributed by atoms with E-state index in [1.165, 1.54) is 27.9 Å². The van der Waals surface area contributed by atoms with Gasteiger partial charge in [-0.15, -0.1) is 0 Å². The summed E-state index contributed by atoms with van der Waals surface area (Å²) in [7, 11) is 1.35. The molecule has 148 valence electrons. The molecule has 0 bridgehead atoms. The third-order valence-corrected chi connectivity index (χ3v) is 3.94. The summed E-state index contributed by atoms with van der Waals surface area (Å²) in [5, 5.41) is 0. The summed E-state index contributed by atoms with van der Waals surface area (Å²) in [5.41, 5.74) is 0. The van der Waals surface area contributed by atoms with Crippen LogP contribution in [-0.2, 0) is 42.9 Å². The molecule has 1 aliphatic rings. The summed E-state index contributed by atoms with van der Waals surface area (Å²) >= 11 is 0. The van der Waals surface area contributed by atoms with E-state index in [2.05, 4.69) is 0 Å². The van der Waals surface area contributed by atoms with Crippen LogP contribution in [0.3, 0.4) is 0 Å². The number of hydrogen-bond donors (Lipinski definition) is 0. The third kappa shape index (κ3) is 6.72. The second-order valence-corrected chi connectivity index (χ2v) is 6.17. The molecule has 5 atom stereocenters. The van der Waals surface area contributed by atoms with Crippen LogP contribution >= 0.6 is 0 Å². The molecule has 0 aliphatic carbocycles. The van der Waals surface area contributed by atoms with Crippen molar-refractivity contribution >= 4 is 23.7 Å². The molecule has 0 N–H and O–H groups in total. The van der Waals surface area contributed by atoms with Gasteiger partial charge >= 0.3 is 17.9 Å². The number of Topliss-reactive ketones (excluding diaryl/α,β-unsaturated/α-hetero) is 1. The molecule has 2 unspecified atom stereocenters. The molecule has 0 radical (unpaired) electrons. The van der Waals surface area contributed by atoms with Crippen molar-refractivity contribution in [3.05, 3.63) is 0 Å². The van der Waals surface area contributed by atoms with Crippen molar-refractivity contribution in [2.45, 2.75) is 65.1 Å². The predicted octanol–water partition coefficient (Wildman–Crippen LogP) is 0.770. The van der Waals surface area contributed by atoms with Gasteiger partial charge in [-0.25, -0.2) is 0 Å². The van der Waals surface area contributed by atoms with Crippen molar-refractivity contribution < 1.29 is 42.9 Å². The molecule has 0 aromatic heterocycles. The van der Waals surface area contributed by atoms with Gasteiger partial charge in [0.2, 0.25) is 0 Å². The highest BCUT2D eigenvalue weighted by atomic mass is 16.7. The Bertz CT molecular complexity index is 530. The summed E-state index contributed by atoms with van der Waals surface area (Å²) in [6.07, 6.45) is -3.54. The molecule has 1 aliphatic heterocycles. The molecular weight excluding hydrogens is 348 g/mol. The summed E-state index contributed by atoms with van der Waals surface area (Å²) in [4.78, 5) is 45.6. The van der Waals surface area contributed by atoms with Crippen molar-refractivity contribution in [2.75, 3.05) is 13.7 Å². The second-order valence-electron chi connectivity index (χ2n) is 6.17. The number of ketones is 1. The Morgan fingerprint density at radius 1 is 0.923 bits per heavy atom. The summed E-state index contributed by atoms with van der Waals surface area (Å²) in [5.74, 6) is -2.24. The monoisotopic (exact) mass is 374 g/mol. The lowest BCUT2D eigenvalue weighted by Gasteiger charge is -2.43. The van der Waals surface area contributed by atoms with E-state index in [1.807, 2.05) is 0 Å². The molecular formula is C17H26O9. The van der Waals surface area contributed by atoms with Crippen LogP contribution in [0.4, 0.5) is 0 Å². The zero-order chi connectivity index (χ0) is 19.9. The van der Waals surface area contributed by atoms with Gasteiger partial charge in [-0.2, -0.15) is 0 Å². The second kappa shape index (κ2) is 10.2. The van der Waals surface area contributed by atoms with Crippen LogP contribution in [0, 0.1) is 5.92 Å². The van der Waals surface area contributed by atoms with E-state index in [-0.39, 0.29) is 25.2 Å². The normalized spacial score (nSPS) is 28.1. The Balaban J connectivity index is 2.93. The van der Waals surface area contributed by atoms with Crippen LogP contribution in [0.2, 0.25) is 0 Å². The molecule has 0 spiro atoms. The highest BCUT2D eigenvalue weighted by Crippen LogP contribution is 2.31. The van der Waals surface area contributed by atoms with Gasteiger partial charge < -0.3 is 28.5 Å². The minimum absolute atomic E-state index is 0.0485. The van der Waals surface area contributed by atoms with E-state index in [0.29, 0.717) is 0 Å². The Morgan fingerprint density at radius 2 is 1.58 bits per heavy atom. The fraction of sp³-hybridized carbons (Fsp3) is 0.765. The molecule has 0 aromatic carbocycles. The van der Waals surface area contributed by atoms with E-state index in [1.54, 1.807) is 6.92 Å². The van der Waals surface area contributed by atoms with Crippen LogP contribution in [0.25, 0.3) is 0 Å². The number of esters is 3. The minimum atomic E-state index is -1.02. The molecule has 0 saturated carbocycles. The highest BCUT2D eigenvalue weighted by Gasteiger charge is 2.48. The fourth-order valence-electron chi connectivity index (χ4n) is 2.60. The first-order valence-corrected chi connectivity index (χ1v) is 8.33. The summed E-state index contributed by atoms with van der Waals surface area (Å²) in [6, 6.07) is 0. The van der Waals surface area contributed by atoms with E-state index in [4.69, 9.17) is 23.7 Å². The van der Waals surface area contributed by atoms with Crippen molar-refractivity contribution in [3.8, 4) is 0 Å². The fourth-order valence-corrected chi connectivity index (χ4v) is 2.60. The van der Waals surface area contributed by atoms with Gasteiger partial charge in [-0.3, -0.25) is 14.4 Å². The molecule has 9 nitrogen and oxygen atoms in total. The van der Waals surface area contributed by atoms with Crippen molar-refractivity contribution in [1.29, 1.82) is 0 Å². The minimum Gasteiger partial charge on any atom is -0.463 e. The molecule has 26 heavy (non-hydrogen) atoms. The van der Waals surface area contributed by atoms with Gasteiger partial charge in [-0.05, 0) is 6.92 Å². The lowest BCUT2D eigenvalue weighted by Crippen LogP contribution is -2.58. The Labute approximate surface area is 152 Å². The van der Waals surface area contributed by atoms with Crippen LogP contribution in [0.1, 0.15) is 40.5 Å². The maximum atomic E-state index is 12.0. The Kier molecular flexibility index (Phi) is 8.67. The van der Waals surface area contributed by atoms with Crippen LogP contribution in [0.5, 0.6) is 0 Å². The number of carbonyl (C=O) groups is 4. The van der Waals surface area contributed by atoms with Gasteiger partial charge in [0.15, 0.2) is 12.4 Å². The average Bonchev–Trinajstić information content (AvgIpc) is 2.55. The molecule has 0 aromatic rings. The average molecular weight is 374 g/mol. The smallest absolute Gasteiger partial charge is 0.306 e. The SMILES string of the molecule is CO[C@@H]1OC(COC(C)=O)[C@@H](C)[C@H](OC(C)=O)C1OC(=O)CCC(C)=O. The van der Waals surface area contributed by atoms with Gasteiger partial charge in [-0.1, -0.05) is 6.92 Å². The third-order valence-electron chi connectivity index (χ3n) is 3.94. The topological polar surface area (TPSA) is 114 Å². The Hall–Kier alpha value is -2.00. The van der Waals surface area contributed by atoms with E-state index < -0.39 is 48.4 Å². The number of rotatable bonds is 8. The Morgan fingerprint density at radius 3 is 2.08 bits per heavy atom. The summed E-state index contributed by atoms with van der Waals surface area (Å²) in [6.45, 7) is 5.55. The number of hydrogen-bond acceptors (Lipinski definition) is 9. The molecule has 0 amide bonds. The molecule has 1 fully saturated rings. The number of carbonyl (C=O) groups excluding carboxylic acids is 4.